The quantitative estimate of drug-likeness (QED) is 0.495. The van der Waals surface area contributed by atoms with Crippen molar-refractivity contribution in [2.45, 2.75) is 39.7 Å². The summed E-state index contributed by atoms with van der Waals surface area (Å²) >= 11 is 0. The fourth-order valence-corrected chi connectivity index (χ4v) is 4.24. The Bertz CT molecular complexity index is 1040. The topological polar surface area (TPSA) is 38.8 Å². The van der Waals surface area contributed by atoms with Gasteiger partial charge in [0.25, 0.3) is 0 Å². The fourth-order valence-electron chi connectivity index (χ4n) is 4.24. The number of nitrogens with zero attached hydrogens (tertiary/aromatic N) is 1. The molecule has 0 bridgehead atoms. The molecule has 3 aromatic carbocycles. The first kappa shape index (κ1) is 21.0. The molecule has 0 saturated heterocycles. The first-order chi connectivity index (χ1) is 15.2. The molecule has 1 atom stereocenters. The molecule has 0 saturated carbocycles. The molecule has 1 unspecified atom stereocenters. The first-order valence-corrected chi connectivity index (χ1v) is 11.0. The Morgan fingerprint density at radius 2 is 1.52 bits per heavy atom. The predicted molar refractivity (Wildman–Crippen MR) is 124 cm³/mol. The Morgan fingerprint density at radius 3 is 2.13 bits per heavy atom. The van der Waals surface area contributed by atoms with E-state index in [2.05, 4.69) is 49.4 Å². The van der Waals surface area contributed by atoms with E-state index in [4.69, 9.17) is 9.47 Å². The maximum Gasteiger partial charge on any atom is 0.232 e. The third-order valence-corrected chi connectivity index (χ3v) is 5.71. The maximum absolute atomic E-state index is 13.4. The highest BCUT2D eigenvalue weighted by molar-refractivity contribution is 5.98. The highest BCUT2D eigenvalue weighted by Crippen LogP contribution is 2.43. The van der Waals surface area contributed by atoms with Crippen molar-refractivity contribution >= 4 is 11.6 Å². The lowest BCUT2D eigenvalue weighted by molar-refractivity contribution is -0.118. The SMILES string of the molecule is CCOc1cc2c(cc1OCC)C(c1ccccc1)N(c1ccc(CC)cc1)C(=O)C2. The zero-order valence-electron chi connectivity index (χ0n) is 18.4. The van der Waals surface area contributed by atoms with Crippen LogP contribution in [0.15, 0.2) is 66.7 Å². The van der Waals surface area contributed by atoms with Gasteiger partial charge in [0, 0.05) is 5.69 Å². The largest absolute Gasteiger partial charge is 0.490 e. The third kappa shape index (κ3) is 4.15. The first-order valence-electron chi connectivity index (χ1n) is 11.0. The van der Waals surface area contributed by atoms with E-state index in [9.17, 15) is 4.79 Å². The standard InChI is InChI=1S/C27H29NO3/c1-4-19-12-14-22(15-13-19)28-26(29)17-21-16-24(30-5-2)25(31-6-3)18-23(21)27(28)20-10-8-7-9-11-20/h7-16,18,27H,4-6,17H2,1-3H3. The number of rotatable bonds is 7. The van der Waals surface area contributed by atoms with E-state index < -0.39 is 0 Å². The van der Waals surface area contributed by atoms with Crippen LogP contribution in [-0.4, -0.2) is 19.1 Å². The Kier molecular flexibility index (Phi) is 6.26. The molecule has 160 valence electrons. The van der Waals surface area contributed by atoms with Gasteiger partial charge in [0.05, 0.1) is 25.7 Å². The molecule has 1 aliphatic heterocycles. The van der Waals surface area contributed by atoms with Gasteiger partial charge in [0.2, 0.25) is 5.91 Å². The van der Waals surface area contributed by atoms with Gasteiger partial charge in [-0.25, -0.2) is 0 Å². The van der Waals surface area contributed by atoms with E-state index >= 15 is 0 Å². The molecule has 0 N–H and O–H groups in total. The van der Waals surface area contributed by atoms with Crippen LogP contribution in [-0.2, 0) is 17.6 Å². The van der Waals surface area contributed by atoms with Crippen LogP contribution in [0.3, 0.4) is 0 Å². The number of carbonyl (C=O) groups is 1. The summed E-state index contributed by atoms with van der Waals surface area (Å²) < 4.78 is 11.7. The summed E-state index contributed by atoms with van der Waals surface area (Å²) in [6, 6.07) is 22.3. The highest BCUT2D eigenvalue weighted by atomic mass is 16.5. The summed E-state index contributed by atoms with van der Waals surface area (Å²) in [4.78, 5) is 15.4. The minimum atomic E-state index is -0.222. The van der Waals surface area contributed by atoms with Crippen LogP contribution in [0.5, 0.6) is 11.5 Å². The van der Waals surface area contributed by atoms with Gasteiger partial charge in [-0.2, -0.15) is 0 Å². The summed E-state index contributed by atoms with van der Waals surface area (Å²) in [6.45, 7) is 7.15. The molecule has 0 radical (unpaired) electrons. The Labute approximate surface area is 184 Å². The monoisotopic (exact) mass is 415 g/mol. The van der Waals surface area contributed by atoms with Crippen molar-refractivity contribution < 1.29 is 14.3 Å². The van der Waals surface area contributed by atoms with Crippen molar-refractivity contribution in [2.75, 3.05) is 18.1 Å². The van der Waals surface area contributed by atoms with Crippen LogP contribution in [0, 0.1) is 0 Å². The van der Waals surface area contributed by atoms with Crippen LogP contribution in [0.25, 0.3) is 0 Å². The lowest BCUT2D eigenvalue weighted by Gasteiger charge is -2.38. The minimum Gasteiger partial charge on any atom is -0.490 e. The third-order valence-electron chi connectivity index (χ3n) is 5.71. The number of anilines is 1. The van der Waals surface area contributed by atoms with E-state index in [1.54, 1.807) is 0 Å². The number of hydrogen-bond donors (Lipinski definition) is 0. The van der Waals surface area contributed by atoms with Gasteiger partial charge in [-0.15, -0.1) is 0 Å². The molecule has 1 aliphatic rings. The molecule has 1 heterocycles. The number of carbonyl (C=O) groups excluding carboxylic acids is 1. The number of ether oxygens (including phenoxy) is 2. The van der Waals surface area contributed by atoms with Crippen molar-refractivity contribution in [1.82, 2.24) is 0 Å². The average molecular weight is 416 g/mol. The van der Waals surface area contributed by atoms with Crippen LogP contribution in [0.4, 0.5) is 5.69 Å². The number of aryl methyl sites for hydroxylation is 1. The fraction of sp³-hybridized carbons (Fsp3) is 0.296. The molecule has 3 aromatic rings. The average Bonchev–Trinajstić information content (AvgIpc) is 2.80. The summed E-state index contributed by atoms with van der Waals surface area (Å²) in [5.41, 5.74) is 5.31. The van der Waals surface area contributed by atoms with Crippen molar-refractivity contribution in [1.29, 1.82) is 0 Å². The molecular weight excluding hydrogens is 386 g/mol. The zero-order chi connectivity index (χ0) is 21.8. The molecular formula is C27H29NO3. The predicted octanol–water partition coefficient (Wildman–Crippen LogP) is 5.73. The smallest absolute Gasteiger partial charge is 0.232 e. The van der Waals surface area contributed by atoms with Crippen LogP contribution in [0.1, 0.15) is 49.1 Å². The van der Waals surface area contributed by atoms with E-state index in [1.807, 2.05) is 43.0 Å². The van der Waals surface area contributed by atoms with E-state index in [1.165, 1.54) is 5.56 Å². The summed E-state index contributed by atoms with van der Waals surface area (Å²) in [5.74, 6) is 1.50. The normalized spacial score (nSPS) is 15.5. The van der Waals surface area contributed by atoms with Gasteiger partial charge in [-0.1, -0.05) is 49.4 Å². The zero-order valence-corrected chi connectivity index (χ0v) is 18.4. The molecule has 4 rings (SSSR count). The summed E-state index contributed by atoms with van der Waals surface area (Å²) in [6.07, 6.45) is 1.30. The lowest BCUT2D eigenvalue weighted by Crippen LogP contribution is -2.41. The van der Waals surface area contributed by atoms with Crippen molar-refractivity contribution in [3.05, 3.63) is 89.0 Å². The second kappa shape index (κ2) is 9.25. The molecule has 0 spiro atoms. The van der Waals surface area contributed by atoms with E-state index in [-0.39, 0.29) is 11.9 Å². The molecule has 31 heavy (non-hydrogen) atoms. The lowest BCUT2D eigenvalue weighted by atomic mass is 9.86. The summed E-state index contributed by atoms with van der Waals surface area (Å²) in [5, 5.41) is 0. The number of fused-ring (bicyclic) bond motifs is 1. The van der Waals surface area contributed by atoms with Crippen molar-refractivity contribution in [3.8, 4) is 11.5 Å². The van der Waals surface area contributed by atoms with Crippen LogP contribution >= 0.6 is 0 Å². The highest BCUT2D eigenvalue weighted by Gasteiger charge is 2.35. The van der Waals surface area contributed by atoms with Gasteiger partial charge >= 0.3 is 0 Å². The molecule has 4 heteroatoms. The van der Waals surface area contributed by atoms with Gasteiger partial charge in [0.15, 0.2) is 11.5 Å². The van der Waals surface area contributed by atoms with Gasteiger partial charge < -0.3 is 14.4 Å². The van der Waals surface area contributed by atoms with Crippen LogP contribution < -0.4 is 14.4 Å². The molecule has 0 fully saturated rings. The van der Waals surface area contributed by atoms with Crippen LogP contribution in [0.2, 0.25) is 0 Å². The molecule has 0 aliphatic carbocycles. The minimum absolute atomic E-state index is 0.0807. The van der Waals surface area contributed by atoms with E-state index in [0.717, 1.165) is 34.5 Å². The Balaban J connectivity index is 1.89. The second-order valence-electron chi connectivity index (χ2n) is 7.64. The molecule has 4 nitrogen and oxygen atoms in total. The number of hydrogen-bond acceptors (Lipinski definition) is 3. The van der Waals surface area contributed by atoms with E-state index in [0.29, 0.717) is 25.4 Å². The molecule has 1 amide bonds. The Hall–Kier alpha value is -3.27. The van der Waals surface area contributed by atoms with Crippen molar-refractivity contribution in [2.24, 2.45) is 0 Å². The van der Waals surface area contributed by atoms with Crippen molar-refractivity contribution in [3.63, 3.8) is 0 Å². The van der Waals surface area contributed by atoms with Gasteiger partial charge in [0.1, 0.15) is 0 Å². The molecule has 0 aromatic heterocycles. The number of benzene rings is 3. The summed E-state index contributed by atoms with van der Waals surface area (Å²) in [7, 11) is 0. The maximum atomic E-state index is 13.4. The second-order valence-corrected chi connectivity index (χ2v) is 7.64. The van der Waals surface area contributed by atoms with Gasteiger partial charge in [-0.05, 0) is 66.8 Å². The Morgan fingerprint density at radius 1 is 0.871 bits per heavy atom. The van der Waals surface area contributed by atoms with Gasteiger partial charge in [-0.3, -0.25) is 4.79 Å². The number of amides is 1.